The van der Waals surface area contributed by atoms with E-state index in [0.29, 0.717) is 44.1 Å². The summed E-state index contributed by atoms with van der Waals surface area (Å²) in [5, 5.41) is 10.9. The second kappa shape index (κ2) is 7.81. The van der Waals surface area contributed by atoms with Crippen molar-refractivity contribution in [3.05, 3.63) is 42.9 Å². The van der Waals surface area contributed by atoms with Crippen molar-refractivity contribution < 1.29 is 14.6 Å². The zero-order valence-electron chi connectivity index (χ0n) is 16.9. The van der Waals surface area contributed by atoms with Crippen LogP contribution in [0.1, 0.15) is 42.1 Å². The Kier molecular flexibility index (Phi) is 5.00. The molecule has 5 heterocycles. The van der Waals surface area contributed by atoms with Gasteiger partial charge in [-0.05, 0) is 31.7 Å². The molecular formula is C21H26N6O3. The molecule has 9 nitrogen and oxygen atoms in total. The maximum Gasteiger partial charge on any atom is 0.255 e. The van der Waals surface area contributed by atoms with E-state index in [0.717, 1.165) is 37.2 Å². The minimum absolute atomic E-state index is 0.0605. The molecule has 9 heteroatoms. The summed E-state index contributed by atoms with van der Waals surface area (Å²) < 4.78 is 9.42. The van der Waals surface area contributed by atoms with Crippen molar-refractivity contribution in [2.24, 2.45) is 0 Å². The van der Waals surface area contributed by atoms with Crippen LogP contribution in [0.4, 0.5) is 0 Å². The van der Waals surface area contributed by atoms with Gasteiger partial charge >= 0.3 is 0 Å². The molecule has 0 aromatic carbocycles. The molecule has 0 unspecified atom stereocenters. The molecule has 3 aromatic heterocycles. The number of rotatable bonds is 4. The highest BCUT2D eigenvalue weighted by Crippen LogP contribution is 2.27. The predicted molar refractivity (Wildman–Crippen MR) is 109 cm³/mol. The number of carbonyl (C=O) groups excluding carboxylic acids is 1. The van der Waals surface area contributed by atoms with Gasteiger partial charge < -0.3 is 23.9 Å². The average Bonchev–Trinajstić information content (AvgIpc) is 3.43. The van der Waals surface area contributed by atoms with Gasteiger partial charge in [-0.15, -0.1) is 0 Å². The van der Waals surface area contributed by atoms with E-state index < -0.39 is 5.60 Å². The van der Waals surface area contributed by atoms with Crippen LogP contribution in [0.15, 0.2) is 37.3 Å². The Bertz CT molecular complexity index is 1020. The first-order valence-electron chi connectivity index (χ1n) is 10.5. The number of likely N-dealkylation sites (tertiary alicyclic amines) is 1. The third-order valence-corrected chi connectivity index (χ3v) is 6.26. The monoisotopic (exact) mass is 410 g/mol. The molecule has 158 valence electrons. The van der Waals surface area contributed by atoms with Crippen LogP contribution in [-0.4, -0.2) is 71.9 Å². The maximum atomic E-state index is 13.0. The molecule has 0 spiro atoms. The van der Waals surface area contributed by atoms with Crippen LogP contribution in [0, 0.1) is 0 Å². The van der Waals surface area contributed by atoms with Gasteiger partial charge in [0.25, 0.3) is 5.91 Å². The molecule has 2 aliphatic rings. The lowest BCUT2D eigenvalue weighted by molar-refractivity contribution is -0.0292. The van der Waals surface area contributed by atoms with Crippen LogP contribution in [-0.2, 0) is 11.3 Å². The predicted octanol–water partition coefficient (Wildman–Crippen LogP) is 1.65. The van der Waals surface area contributed by atoms with Crippen LogP contribution in [0.25, 0.3) is 11.2 Å². The summed E-state index contributed by atoms with van der Waals surface area (Å²) in [6, 6.07) is 2.17. The van der Waals surface area contributed by atoms with Gasteiger partial charge in [-0.3, -0.25) is 4.79 Å². The maximum absolute atomic E-state index is 13.0. The van der Waals surface area contributed by atoms with Gasteiger partial charge in [0.2, 0.25) is 0 Å². The van der Waals surface area contributed by atoms with Gasteiger partial charge in [0.1, 0.15) is 5.52 Å². The summed E-state index contributed by atoms with van der Waals surface area (Å²) in [6.07, 6.45) is 11.7. The Labute approximate surface area is 174 Å². The van der Waals surface area contributed by atoms with Gasteiger partial charge in [0, 0.05) is 50.9 Å². The number of carbonyl (C=O) groups is 1. The number of imidazole rings is 2. The highest BCUT2D eigenvalue weighted by molar-refractivity contribution is 5.96. The Morgan fingerprint density at radius 3 is 2.73 bits per heavy atom. The van der Waals surface area contributed by atoms with E-state index in [9.17, 15) is 9.90 Å². The Balaban J connectivity index is 1.27. The summed E-state index contributed by atoms with van der Waals surface area (Å²) in [5.41, 5.74) is 1.27. The number of nitrogens with zero attached hydrogens (tertiary/aromatic N) is 6. The fraction of sp³-hybridized carbons (Fsp3) is 0.524. The third kappa shape index (κ3) is 3.70. The van der Waals surface area contributed by atoms with E-state index in [1.165, 1.54) is 0 Å². The fourth-order valence-electron chi connectivity index (χ4n) is 4.45. The van der Waals surface area contributed by atoms with E-state index in [1.807, 2.05) is 23.2 Å². The van der Waals surface area contributed by atoms with Crippen molar-refractivity contribution in [2.75, 3.05) is 26.3 Å². The van der Waals surface area contributed by atoms with Crippen molar-refractivity contribution in [1.82, 2.24) is 29.0 Å². The normalized spacial score (nSPS) is 20.0. The number of pyridine rings is 1. The molecule has 0 saturated carbocycles. The van der Waals surface area contributed by atoms with Crippen LogP contribution in [0.5, 0.6) is 0 Å². The summed E-state index contributed by atoms with van der Waals surface area (Å²) in [6.45, 7) is 3.02. The standard InChI is InChI=1S/C21H26N6O3/c28-20(26-6-3-21(29,4-7-26)13-25-8-5-22-14-25)16-11-18-19(23-12-16)27(15-24-18)17-1-9-30-10-2-17/h5,8,11-12,14-15,17,29H,1-4,6-7,9-10,13H2. The minimum atomic E-state index is -0.817. The van der Waals surface area contributed by atoms with Gasteiger partial charge in [0.05, 0.1) is 30.4 Å². The molecule has 0 bridgehead atoms. The number of hydrogen-bond donors (Lipinski definition) is 1. The lowest BCUT2D eigenvalue weighted by Crippen LogP contribution is -2.48. The lowest BCUT2D eigenvalue weighted by atomic mass is 9.91. The fourth-order valence-corrected chi connectivity index (χ4v) is 4.45. The van der Waals surface area contributed by atoms with E-state index in [4.69, 9.17) is 4.74 Å². The molecule has 5 rings (SSSR count). The average molecular weight is 410 g/mol. The van der Waals surface area contributed by atoms with Crippen molar-refractivity contribution in [1.29, 1.82) is 0 Å². The van der Waals surface area contributed by atoms with Crippen LogP contribution in [0.2, 0.25) is 0 Å². The molecule has 30 heavy (non-hydrogen) atoms. The van der Waals surface area contributed by atoms with Gasteiger partial charge in [0.15, 0.2) is 5.65 Å². The number of amides is 1. The molecule has 0 aliphatic carbocycles. The number of hydrogen-bond acceptors (Lipinski definition) is 6. The van der Waals surface area contributed by atoms with Crippen LogP contribution < -0.4 is 0 Å². The number of fused-ring (bicyclic) bond motifs is 1. The van der Waals surface area contributed by atoms with E-state index in [-0.39, 0.29) is 5.91 Å². The molecule has 2 saturated heterocycles. The number of ether oxygens (including phenoxy) is 1. The van der Waals surface area contributed by atoms with Crippen molar-refractivity contribution in [2.45, 2.75) is 43.9 Å². The summed E-state index contributed by atoms with van der Waals surface area (Å²) >= 11 is 0. The van der Waals surface area contributed by atoms with Crippen molar-refractivity contribution >= 4 is 17.1 Å². The molecule has 0 radical (unpaired) electrons. The molecule has 1 N–H and O–H groups in total. The highest BCUT2D eigenvalue weighted by atomic mass is 16.5. The first-order chi connectivity index (χ1) is 14.6. The summed E-state index contributed by atoms with van der Waals surface area (Å²) in [5.74, 6) is -0.0605. The largest absolute Gasteiger partial charge is 0.388 e. The minimum Gasteiger partial charge on any atom is -0.388 e. The van der Waals surface area contributed by atoms with Crippen LogP contribution >= 0.6 is 0 Å². The molecule has 1 amide bonds. The lowest BCUT2D eigenvalue weighted by Gasteiger charge is -2.38. The third-order valence-electron chi connectivity index (χ3n) is 6.26. The molecule has 0 atom stereocenters. The summed E-state index contributed by atoms with van der Waals surface area (Å²) in [7, 11) is 0. The molecule has 2 fully saturated rings. The zero-order chi connectivity index (χ0) is 20.6. The molecule has 2 aliphatic heterocycles. The van der Waals surface area contributed by atoms with Crippen LogP contribution in [0.3, 0.4) is 0 Å². The quantitative estimate of drug-likeness (QED) is 0.702. The first kappa shape index (κ1) is 19.2. The second-order valence-electron chi connectivity index (χ2n) is 8.31. The Morgan fingerprint density at radius 2 is 2.00 bits per heavy atom. The first-order valence-corrected chi connectivity index (χ1v) is 10.5. The summed E-state index contributed by atoms with van der Waals surface area (Å²) in [4.78, 5) is 27.9. The van der Waals surface area contributed by atoms with E-state index in [1.54, 1.807) is 23.6 Å². The molecular weight excluding hydrogens is 384 g/mol. The van der Waals surface area contributed by atoms with Gasteiger partial charge in [-0.25, -0.2) is 15.0 Å². The van der Waals surface area contributed by atoms with Gasteiger partial charge in [-0.1, -0.05) is 0 Å². The smallest absolute Gasteiger partial charge is 0.255 e. The topological polar surface area (TPSA) is 98.3 Å². The number of piperidine rings is 1. The van der Waals surface area contributed by atoms with E-state index in [2.05, 4.69) is 19.5 Å². The Morgan fingerprint density at radius 1 is 1.20 bits per heavy atom. The number of aromatic nitrogens is 5. The zero-order valence-corrected chi connectivity index (χ0v) is 16.9. The SMILES string of the molecule is O=C(c1cnc2c(c1)ncn2C1CCOCC1)N1CCC(O)(Cn2ccnc2)CC1. The molecule has 3 aromatic rings. The number of aliphatic hydroxyl groups is 1. The van der Waals surface area contributed by atoms with Crippen molar-refractivity contribution in [3.63, 3.8) is 0 Å². The Hall–Kier alpha value is -2.78. The van der Waals surface area contributed by atoms with Crippen molar-refractivity contribution in [3.8, 4) is 0 Å². The van der Waals surface area contributed by atoms with E-state index >= 15 is 0 Å². The second-order valence-corrected chi connectivity index (χ2v) is 8.31. The van der Waals surface area contributed by atoms with Gasteiger partial charge in [-0.2, -0.15) is 0 Å². The highest BCUT2D eigenvalue weighted by Gasteiger charge is 2.34.